The van der Waals surface area contributed by atoms with Gasteiger partial charge in [-0.2, -0.15) is 4.98 Å². The SMILES string of the molecule is CNc1cc(C)nc(Nc2cc3c(c(C4=CCN(C(=O)OC(C)(C)C)C(O[Si](C)(C)C(C)(C)C)CC4)c2C)OCC3)n1. The first-order valence-corrected chi connectivity index (χ1v) is 17.9. The summed E-state index contributed by atoms with van der Waals surface area (Å²) in [7, 11) is -0.331. The van der Waals surface area contributed by atoms with E-state index < -0.39 is 13.9 Å². The van der Waals surface area contributed by atoms with Crippen molar-refractivity contribution in [1.82, 2.24) is 14.9 Å². The Bertz CT molecular complexity index is 1360. The third-order valence-electron chi connectivity index (χ3n) is 8.32. The van der Waals surface area contributed by atoms with E-state index in [-0.39, 0.29) is 17.4 Å². The third-order valence-corrected chi connectivity index (χ3v) is 12.8. The normalized spacial score (nSPS) is 17.6. The molecule has 42 heavy (non-hydrogen) atoms. The van der Waals surface area contributed by atoms with Crippen molar-refractivity contribution in [2.45, 2.75) is 105 Å². The van der Waals surface area contributed by atoms with Gasteiger partial charge in [0.15, 0.2) is 8.32 Å². The van der Waals surface area contributed by atoms with Crippen LogP contribution in [0.25, 0.3) is 5.57 Å². The van der Waals surface area contributed by atoms with E-state index in [4.69, 9.17) is 13.9 Å². The molecule has 0 saturated carbocycles. The fourth-order valence-electron chi connectivity index (χ4n) is 5.06. The second-order valence-corrected chi connectivity index (χ2v) is 18.6. The van der Waals surface area contributed by atoms with E-state index in [1.165, 1.54) is 0 Å². The molecule has 1 amide bonds. The molecular weight excluding hydrogens is 546 g/mol. The summed E-state index contributed by atoms with van der Waals surface area (Å²) in [4.78, 5) is 24.5. The number of aryl methyl sites for hydroxylation is 1. The molecule has 2 aromatic rings. The Morgan fingerprint density at radius 3 is 2.45 bits per heavy atom. The minimum atomic E-state index is -2.18. The van der Waals surface area contributed by atoms with Crippen LogP contribution in [0.1, 0.15) is 76.8 Å². The van der Waals surface area contributed by atoms with Gasteiger partial charge in [0.2, 0.25) is 5.95 Å². The Morgan fingerprint density at radius 1 is 1.10 bits per heavy atom. The number of anilines is 3. The summed E-state index contributed by atoms with van der Waals surface area (Å²) in [5.41, 5.74) is 5.66. The number of nitrogens with zero attached hydrogens (tertiary/aromatic N) is 3. The number of benzene rings is 1. The van der Waals surface area contributed by atoms with Crippen LogP contribution in [-0.4, -0.2) is 61.3 Å². The van der Waals surface area contributed by atoms with Crippen molar-refractivity contribution >= 4 is 37.4 Å². The summed E-state index contributed by atoms with van der Waals surface area (Å²) >= 11 is 0. The molecule has 4 rings (SSSR count). The van der Waals surface area contributed by atoms with Gasteiger partial charge < -0.3 is 24.5 Å². The van der Waals surface area contributed by atoms with Crippen LogP contribution in [0.15, 0.2) is 18.2 Å². The van der Waals surface area contributed by atoms with E-state index in [0.29, 0.717) is 25.5 Å². The largest absolute Gasteiger partial charge is 0.492 e. The molecule has 0 radical (unpaired) electrons. The van der Waals surface area contributed by atoms with Gasteiger partial charge in [-0.25, -0.2) is 9.78 Å². The summed E-state index contributed by atoms with van der Waals surface area (Å²) in [6.45, 7) is 21.9. The number of hydrogen-bond acceptors (Lipinski definition) is 8. The number of amides is 1. The maximum atomic E-state index is 13.5. The van der Waals surface area contributed by atoms with Crippen LogP contribution in [0, 0.1) is 13.8 Å². The van der Waals surface area contributed by atoms with Crippen molar-refractivity contribution in [2.24, 2.45) is 0 Å². The molecule has 0 aliphatic carbocycles. The molecule has 0 saturated heterocycles. The predicted molar refractivity (Wildman–Crippen MR) is 172 cm³/mol. The van der Waals surface area contributed by atoms with Crippen LogP contribution in [0.4, 0.5) is 22.2 Å². The van der Waals surface area contributed by atoms with Gasteiger partial charge in [0.05, 0.1) is 6.61 Å². The molecule has 2 aliphatic heterocycles. The van der Waals surface area contributed by atoms with Gasteiger partial charge in [0.25, 0.3) is 0 Å². The molecular formula is C32H49N5O4Si. The molecule has 1 aromatic carbocycles. The van der Waals surface area contributed by atoms with E-state index in [9.17, 15) is 4.79 Å². The van der Waals surface area contributed by atoms with E-state index in [2.05, 4.69) is 73.5 Å². The molecule has 1 unspecified atom stereocenters. The van der Waals surface area contributed by atoms with Crippen molar-refractivity contribution in [2.75, 3.05) is 30.8 Å². The first-order chi connectivity index (χ1) is 19.5. The highest BCUT2D eigenvalue weighted by Crippen LogP contribution is 2.44. The highest BCUT2D eigenvalue weighted by Gasteiger charge is 2.42. The molecule has 10 heteroatoms. The quantitative estimate of drug-likeness (QED) is 0.330. The standard InChI is InChI=1S/C32H49N5O4Si/c1-20-18-25(33-9)36-29(34-20)35-24-19-23-15-17-39-28(23)27(21(24)2)22-12-13-26(41-42(10,11)32(6,7)8)37(16-14-22)30(38)40-31(3,4)5/h14,18-19,26H,12-13,15-17H2,1-11H3,(H2,33,34,35,36). The molecule has 3 heterocycles. The number of hydrogen-bond donors (Lipinski definition) is 2. The lowest BCUT2D eigenvalue weighted by Crippen LogP contribution is -2.51. The van der Waals surface area contributed by atoms with Crippen LogP contribution >= 0.6 is 0 Å². The molecule has 2 aliphatic rings. The van der Waals surface area contributed by atoms with Crippen LogP contribution in [0.3, 0.4) is 0 Å². The molecule has 1 atom stereocenters. The fraction of sp³-hybridized carbons (Fsp3) is 0.594. The number of nitrogens with one attached hydrogen (secondary N) is 2. The molecule has 2 N–H and O–H groups in total. The number of rotatable bonds is 6. The fourth-order valence-corrected chi connectivity index (χ4v) is 6.34. The summed E-state index contributed by atoms with van der Waals surface area (Å²) in [6.07, 6.45) is 3.65. The van der Waals surface area contributed by atoms with E-state index in [1.54, 1.807) is 4.90 Å². The maximum Gasteiger partial charge on any atom is 0.412 e. The second-order valence-electron chi connectivity index (χ2n) is 13.8. The number of aromatic nitrogens is 2. The zero-order valence-electron chi connectivity index (χ0n) is 27.3. The maximum absolute atomic E-state index is 13.5. The molecule has 9 nitrogen and oxygen atoms in total. The average Bonchev–Trinajstić information content (AvgIpc) is 3.22. The molecule has 0 fully saturated rings. The van der Waals surface area contributed by atoms with Crippen LogP contribution < -0.4 is 15.4 Å². The van der Waals surface area contributed by atoms with E-state index in [0.717, 1.165) is 58.1 Å². The zero-order chi connectivity index (χ0) is 31.0. The first kappa shape index (κ1) is 31.8. The predicted octanol–water partition coefficient (Wildman–Crippen LogP) is 7.58. The van der Waals surface area contributed by atoms with Gasteiger partial charge in [-0.1, -0.05) is 26.8 Å². The Balaban J connectivity index is 1.73. The van der Waals surface area contributed by atoms with Crippen LogP contribution in [0.2, 0.25) is 18.1 Å². The van der Waals surface area contributed by atoms with Crippen molar-refractivity contribution in [3.8, 4) is 5.75 Å². The second kappa shape index (κ2) is 11.9. The van der Waals surface area contributed by atoms with Gasteiger partial charge in [0, 0.05) is 48.6 Å². The summed E-state index contributed by atoms with van der Waals surface area (Å²) < 4.78 is 19.0. The molecule has 0 bridgehead atoms. The lowest BCUT2D eigenvalue weighted by atomic mass is 9.92. The minimum Gasteiger partial charge on any atom is -0.492 e. The Hall–Kier alpha value is -3.11. The van der Waals surface area contributed by atoms with Crippen molar-refractivity contribution in [1.29, 1.82) is 0 Å². The average molecular weight is 596 g/mol. The Morgan fingerprint density at radius 2 is 1.81 bits per heavy atom. The van der Waals surface area contributed by atoms with Crippen LogP contribution in [-0.2, 0) is 15.6 Å². The lowest BCUT2D eigenvalue weighted by Gasteiger charge is -2.42. The van der Waals surface area contributed by atoms with Gasteiger partial charge in [-0.3, -0.25) is 4.90 Å². The van der Waals surface area contributed by atoms with Gasteiger partial charge >= 0.3 is 6.09 Å². The zero-order valence-corrected chi connectivity index (χ0v) is 28.3. The van der Waals surface area contributed by atoms with Gasteiger partial charge in [0.1, 0.15) is 23.4 Å². The minimum absolute atomic E-state index is 0.00540. The summed E-state index contributed by atoms with van der Waals surface area (Å²) in [5, 5.41) is 6.58. The topological polar surface area (TPSA) is 97.8 Å². The first-order valence-electron chi connectivity index (χ1n) is 15.0. The third kappa shape index (κ3) is 7.08. The van der Waals surface area contributed by atoms with Crippen molar-refractivity contribution in [3.05, 3.63) is 40.6 Å². The number of carbonyl (C=O) groups is 1. The number of allylic oxidation sites excluding steroid dienone is 1. The van der Waals surface area contributed by atoms with Crippen LogP contribution in [0.5, 0.6) is 5.75 Å². The Labute approximate surface area is 252 Å². The van der Waals surface area contributed by atoms with Gasteiger partial charge in [-0.05, 0) is 82.8 Å². The summed E-state index contributed by atoms with van der Waals surface area (Å²) in [6, 6.07) is 4.06. The lowest BCUT2D eigenvalue weighted by molar-refractivity contribution is -0.0217. The summed E-state index contributed by atoms with van der Waals surface area (Å²) in [5.74, 6) is 2.23. The van der Waals surface area contributed by atoms with Crippen molar-refractivity contribution < 1.29 is 18.7 Å². The van der Waals surface area contributed by atoms with E-state index >= 15 is 0 Å². The smallest absolute Gasteiger partial charge is 0.412 e. The molecule has 1 aromatic heterocycles. The van der Waals surface area contributed by atoms with E-state index in [1.807, 2.05) is 40.8 Å². The molecule has 0 spiro atoms. The highest BCUT2D eigenvalue weighted by molar-refractivity contribution is 6.74. The molecule has 230 valence electrons. The number of fused-ring (bicyclic) bond motifs is 1. The Kier molecular flexibility index (Phi) is 9.00. The van der Waals surface area contributed by atoms with Crippen molar-refractivity contribution in [3.63, 3.8) is 0 Å². The van der Waals surface area contributed by atoms with Gasteiger partial charge in [-0.15, -0.1) is 0 Å². The number of carbonyl (C=O) groups excluding carboxylic acids is 1. The number of ether oxygens (including phenoxy) is 2. The highest BCUT2D eigenvalue weighted by atomic mass is 28.4. The monoisotopic (exact) mass is 595 g/mol.